The van der Waals surface area contributed by atoms with Crippen molar-refractivity contribution in [1.82, 2.24) is 5.43 Å². The minimum Gasteiger partial charge on any atom is -0.545 e. The van der Waals surface area contributed by atoms with E-state index in [9.17, 15) is 14.7 Å². The van der Waals surface area contributed by atoms with Crippen LogP contribution >= 0.6 is 0 Å². The molecule has 0 atom stereocenters. The molecule has 50 valence electrons. The van der Waals surface area contributed by atoms with Crippen molar-refractivity contribution < 1.29 is 66.1 Å². The number of hydrogen-bond donors (Lipinski definition) is 2. The van der Waals surface area contributed by atoms with Crippen molar-refractivity contribution in [3.05, 3.63) is 12.2 Å². The largest absolute Gasteiger partial charge is 1.00 e. The zero-order valence-corrected chi connectivity index (χ0v) is 8.63. The van der Waals surface area contributed by atoms with E-state index < -0.39 is 17.4 Å². The number of rotatable bonds is 2. The number of hydrogen-bond acceptors (Lipinski definition) is 4. The number of nitrogens with one attached hydrogen (secondary N) is 1. The van der Waals surface area contributed by atoms with Gasteiger partial charge in [-0.05, 0) is 0 Å². The molecule has 0 aliphatic carbocycles. The molecule has 1 amide bonds. The number of carbonyl (C=O) groups excluding carboxylic acids is 2. The quantitative estimate of drug-likeness (QED) is 0.0817. The normalized spacial score (nSPS) is 7.30. The maximum atomic E-state index is 10.2. The first-order valence-electron chi connectivity index (χ1n) is 2.00. The van der Waals surface area contributed by atoms with Gasteiger partial charge in [0.25, 0.3) is 5.91 Å². The van der Waals surface area contributed by atoms with Gasteiger partial charge in [-0.3, -0.25) is 10.2 Å². The van der Waals surface area contributed by atoms with Gasteiger partial charge >= 0.3 is 51.4 Å². The molecule has 0 fully saturated rings. The third-order valence-electron chi connectivity index (χ3n) is 0.652. The fraction of sp³-hybridized carbons (Fsp3) is 0. The standard InChI is InChI=1S/C4H6N2O3.K/c1-2(4(8)9)3(7)6-5;/h1,5H2,(H,6,7)(H,8,9);/q;+1/p-1. The van der Waals surface area contributed by atoms with Gasteiger partial charge in [-0.25, -0.2) is 5.84 Å². The number of aliphatic carboxylic acids is 1. The van der Waals surface area contributed by atoms with E-state index in [1.807, 2.05) is 0 Å². The van der Waals surface area contributed by atoms with E-state index >= 15 is 0 Å². The van der Waals surface area contributed by atoms with E-state index in [1.54, 1.807) is 5.43 Å². The van der Waals surface area contributed by atoms with Crippen molar-refractivity contribution in [1.29, 1.82) is 0 Å². The van der Waals surface area contributed by atoms with Crippen LogP contribution in [0.3, 0.4) is 0 Å². The Morgan fingerprint density at radius 1 is 1.50 bits per heavy atom. The van der Waals surface area contributed by atoms with Gasteiger partial charge in [0.15, 0.2) is 0 Å². The summed E-state index contributed by atoms with van der Waals surface area (Å²) in [6.45, 7) is 2.87. The Morgan fingerprint density at radius 2 is 1.90 bits per heavy atom. The van der Waals surface area contributed by atoms with Crippen molar-refractivity contribution >= 4 is 11.9 Å². The average Bonchev–Trinajstić information content (AvgIpc) is 1.84. The summed E-state index contributed by atoms with van der Waals surface area (Å²) >= 11 is 0. The molecule has 0 saturated heterocycles. The zero-order chi connectivity index (χ0) is 7.44. The third kappa shape index (κ3) is 4.15. The molecular formula is C4H5KN2O3. The summed E-state index contributed by atoms with van der Waals surface area (Å²) in [6.07, 6.45) is 0. The number of hydrazine groups is 1. The Morgan fingerprint density at radius 3 is 2.00 bits per heavy atom. The topological polar surface area (TPSA) is 95.2 Å². The molecule has 0 aromatic rings. The first kappa shape index (κ1) is 12.9. The van der Waals surface area contributed by atoms with Crippen molar-refractivity contribution in [3.8, 4) is 0 Å². The molecule has 0 bridgehead atoms. The van der Waals surface area contributed by atoms with Gasteiger partial charge in [-0.15, -0.1) is 0 Å². The zero-order valence-electron chi connectivity index (χ0n) is 5.51. The van der Waals surface area contributed by atoms with Gasteiger partial charge in [-0.2, -0.15) is 0 Å². The first-order valence-corrected chi connectivity index (χ1v) is 2.00. The minimum absolute atomic E-state index is 0. The number of amides is 1. The van der Waals surface area contributed by atoms with Crippen molar-refractivity contribution in [2.75, 3.05) is 0 Å². The van der Waals surface area contributed by atoms with Gasteiger partial charge in [0.1, 0.15) is 0 Å². The summed E-state index contributed by atoms with van der Waals surface area (Å²) in [4.78, 5) is 20.0. The van der Waals surface area contributed by atoms with Crippen LogP contribution in [0.15, 0.2) is 12.2 Å². The third-order valence-corrected chi connectivity index (χ3v) is 0.652. The molecule has 0 unspecified atom stereocenters. The maximum absolute atomic E-state index is 10.2. The second kappa shape index (κ2) is 6.02. The molecule has 0 aromatic carbocycles. The fourth-order valence-electron chi connectivity index (χ4n) is 0.180. The van der Waals surface area contributed by atoms with Crippen molar-refractivity contribution in [2.45, 2.75) is 0 Å². The summed E-state index contributed by atoms with van der Waals surface area (Å²) in [7, 11) is 0. The second-order valence-corrected chi connectivity index (χ2v) is 1.24. The van der Waals surface area contributed by atoms with Crippen molar-refractivity contribution in [2.24, 2.45) is 5.84 Å². The van der Waals surface area contributed by atoms with Gasteiger partial charge in [0.2, 0.25) is 0 Å². The van der Waals surface area contributed by atoms with Gasteiger partial charge in [0, 0.05) is 0 Å². The van der Waals surface area contributed by atoms with Crippen LogP contribution < -0.4 is 67.8 Å². The van der Waals surface area contributed by atoms with Gasteiger partial charge < -0.3 is 9.90 Å². The summed E-state index contributed by atoms with van der Waals surface area (Å²) in [6, 6.07) is 0. The molecule has 0 aromatic heterocycles. The monoisotopic (exact) mass is 168 g/mol. The van der Waals surface area contributed by atoms with Gasteiger partial charge in [0.05, 0.1) is 11.5 Å². The summed E-state index contributed by atoms with van der Waals surface area (Å²) in [5, 5.41) is 9.77. The average molecular weight is 168 g/mol. The SMILES string of the molecule is C=C(C(=O)[O-])C(=O)NN.[K+]. The van der Waals surface area contributed by atoms with E-state index in [0.717, 1.165) is 0 Å². The Labute approximate surface area is 100 Å². The molecule has 5 nitrogen and oxygen atoms in total. The van der Waals surface area contributed by atoms with E-state index in [1.165, 1.54) is 0 Å². The number of nitrogens with two attached hydrogens (primary N) is 1. The predicted molar refractivity (Wildman–Crippen MR) is 26.5 cm³/mol. The van der Waals surface area contributed by atoms with Crippen LogP contribution in [-0.4, -0.2) is 11.9 Å². The van der Waals surface area contributed by atoms with Crippen molar-refractivity contribution in [3.63, 3.8) is 0 Å². The Balaban J connectivity index is 0. The van der Waals surface area contributed by atoms with Crippen LogP contribution in [-0.2, 0) is 9.59 Å². The van der Waals surface area contributed by atoms with Crippen LogP contribution in [0.5, 0.6) is 0 Å². The van der Waals surface area contributed by atoms with E-state index in [4.69, 9.17) is 0 Å². The molecule has 0 aliphatic heterocycles. The second-order valence-electron chi connectivity index (χ2n) is 1.24. The molecule has 0 spiro atoms. The smallest absolute Gasteiger partial charge is 0.545 e. The summed E-state index contributed by atoms with van der Waals surface area (Å²) < 4.78 is 0. The Kier molecular flexibility index (Phi) is 7.77. The predicted octanol–water partition coefficient (Wildman–Crippen LogP) is -5.71. The van der Waals surface area contributed by atoms with E-state index in [0.29, 0.717) is 0 Å². The van der Waals surface area contributed by atoms with E-state index in [-0.39, 0.29) is 51.4 Å². The molecule has 0 radical (unpaired) electrons. The minimum atomic E-state index is -1.63. The molecule has 6 heteroatoms. The first-order chi connectivity index (χ1) is 4.09. The molecule has 0 heterocycles. The molecular weight excluding hydrogens is 163 g/mol. The molecule has 0 aliphatic rings. The maximum Gasteiger partial charge on any atom is 1.00 e. The van der Waals surface area contributed by atoms with Crippen LogP contribution in [0.2, 0.25) is 0 Å². The van der Waals surface area contributed by atoms with Gasteiger partial charge in [-0.1, -0.05) is 6.58 Å². The van der Waals surface area contributed by atoms with Crippen LogP contribution in [0.1, 0.15) is 0 Å². The van der Waals surface area contributed by atoms with Crippen LogP contribution in [0.25, 0.3) is 0 Å². The molecule has 3 N–H and O–H groups in total. The molecule has 10 heavy (non-hydrogen) atoms. The number of carboxylic acids is 1. The number of carboxylic acid groups (broad SMARTS) is 1. The molecule has 0 saturated carbocycles. The summed E-state index contributed by atoms with van der Waals surface area (Å²) in [5.41, 5.74) is 0.904. The number of carbonyl (C=O) groups is 2. The fourth-order valence-corrected chi connectivity index (χ4v) is 0.180. The molecule has 0 rings (SSSR count). The van der Waals surface area contributed by atoms with Crippen LogP contribution in [0, 0.1) is 0 Å². The summed E-state index contributed by atoms with van der Waals surface area (Å²) in [5.74, 6) is 1.98. The van der Waals surface area contributed by atoms with E-state index in [2.05, 4.69) is 12.4 Å². The Bertz CT molecular complexity index is 168. The Hall–Kier alpha value is 0.276. The van der Waals surface area contributed by atoms with Crippen LogP contribution in [0.4, 0.5) is 0 Å².